The molecule has 1 aromatic carbocycles. The summed E-state index contributed by atoms with van der Waals surface area (Å²) < 4.78 is 2.14. The Morgan fingerprint density at radius 2 is 2.20 bits per heavy atom. The molecule has 8 heteroatoms. The van der Waals surface area contributed by atoms with Gasteiger partial charge in [-0.1, -0.05) is 22.0 Å². The number of fused-ring (bicyclic) bond motifs is 1. The van der Waals surface area contributed by atoms with E-state index in [1.54, 1.807) is 18.2 Å². The van der Waals surface area contributed by atoms with Crippen LogP contribution in [0.1, 0.15) is 10.4 Å². The number of hydrogen-bond acceptors (Lipinski definition) is 4. The fourth-order valence-corrected chi connectivity index (χ4v) is 2.14. The second-order valence-corrected chi connectivity index (χ2v) is 4.89. The maximum atomic E-state index is 12.1. The van der Waals surface area contributed by atoms with E-state index in [4.69, 9.17) is 0 Å². The quantitative estimate of drug-likeness (QED) is 0.742. The van der Waals surface area contributed by atoms with E-state index in [0.717, 1.165) is 4.47 Å². The van der Waals surface area contributed by atoms with Gasteiger partial charge >= 0.3 is 0 Å². The summed E-state index contributed by atoms with van der Waals surface area (Å²) in [7, 11) is 0. The highest BCUT2D eigenvalue weighted by atomic mass is 79.9. The minimum absolute atomic E-state index is 0.256. The van der Waals surface area contributed by atoms with Crippen molar-refractivity contribution in [2.24, 2.45) is 0 Å². The molecule has 2 aromatic heterocycles. The largest absolute Gasteiger partial charge is 0.306 e. The fraction of sp³-hybridized carbons (Fsp3) is 0. The van der Waals surface area contributed by atoms with Gasteiger partial charge in [0.25, 0.3) is 11.5 Å². The van der Waals surface area contributed by atoms with Gasteiger partial charge in [0.05, 0.1) is 0 Å². The van der Waals surface area contributed by atoms with Crippen LogP contribution in [0.3, 0.4) is 0 Å². The van der Waals surface area contributed by atoms with Crippen molar-refractivity contribution in [1.29, 1.82) is 0 Å². The molecule has 0 saturated carbocycles. The zero-order chi connectivity index (χ0) is 14.1. The van der Waals surface area contributed by atoms with E-state index in [1.165, 1.54) is 16.9 Å². The molecule has 20 heavy (non-hydrogen) atoms. The molecular formula is C12H8BrN5O2. The third kappa shape index (κ3) is 2.32. The lowest BCUT2D eigenvalue weighted by atomic mass is 10.2. The monoisotopic (exact) mass is 333 g/mol. The number of amides is 1. The number of anilines is 1. The van der Waals surface area contributed by atoms with Crippen molar-refractivity contribution in [3.8, 4) is 0 Å². The molecule has 0 atom stereocenters. The highest BCUT2D eigenvalue weighted by Crippen LogP contribution is 2.13. The predicted octanol–water partition coefficient (Wildman–Crippen LogP) is 1.43. The molecule has 2 N–H and O–H groups in total. The van der Waals surface area contributed by atoms with Crippen molar-refractivity contribution in [3.63, 3.8) is 0 Å². The Morgan fingerprint density at radius 3 is 3.00 bits per heavy atom. The maximum Gasteiger partial charge on any atom is 0.256 e. The number of aromatic amines is 1. The Kier molecular flexibility index (Phi) is 3.07. The third-order valence-corrected chi connectivity index (χ3v) is 3.10. The maximum absolute atomic E-state index is 12.1. The van der Waals surface area contributed by atoms with Crippen LogP contribution in [0.4, 0.5) is 5.82 Å². The molecule has 0 aliphatic carbocycles. The lowest BCUT2D eigenvalue weighted by Gasteiger charge is -2.06. The van der Waals surface area contributed by atoms with Crippen LogP contribution >= 0.6 is 15.9 Å². The molecule has 0 bridgehead atoms. The first-order valence-electron chi connectivity index (χ1n) is 5.63. The zero-order valence-electron chi connectivity index (χ0n) is 10.0. The second-order valence-electron chi connectivity index (χ2n) is 3.98. The SMILES string of the molecule is O=C(Nc1cc(=O)[nH]c2ncnn12)c1cccc(Br)c1. The Labute approximate surface area is 120 Å². The number of nitrogens with zero attached hydrogens (tertiary/aromatic N) is 3. The molecule has 0 spiro atoms. The highest BCUT2D eigenvalue weighted by molar-refractivity contribution is 9.10. The third-order valence-electron chi connectivity index (χ3n) is 2.61. The standard InChI is InChI=1S/C12H8BrN5O2/c13-8-3-1-2-7(4-8)11(20)16-9-5-10(19)17-12-14-6-15-18(9)12/h1-6H,(H,16,20)(H,14,15,17,19). The van der Waals surface area contributed by atoms with Crippen molar-refractivity contribution in [2.75, 3.05) is 5.32 Å². The van der Waals surface area contributed by atoms with Crippen molar-refractivity contribution in [3.05, 3.63) is 57.0 Å². The Hall–Kier alpha value is -2.48. The molecule has 0 aliphatic rings. The summed E-state index contributed by atoms with van der Waals surface area (Å²) in [4.78, 5) is 30.0. The van der Waals surface area contributed by atoms with E-state index in [1.807, 2.05) is 6.07 Å². The van der Waals surface area contributed by atoms with Crippen molar-refractivity contribution in [1.82, 2.24) is 19.6 Å². The summed E-state index contributed by atoms with van der Waals surface area (Å²) in [5, 5.41) is 6.57. The smallest absolute Gasteiger partial charge is 0.256 e. The molecule has 0 unspecified atom stereocenters. The van der Waals surface area contributed by atoms with E-state index in [9.17, 15) is 9.59 Å². The molecule has 7 nitrogen and oxygen atoms in total. The second kappa shape index (κ2) is 4.89. The van der Waals surface area contributed by atoms with Gasteiger partial charge in [0.1, 0.15) is 12.1 Å². The van der Waals surface area contributed by atoms with E-state index >= 15 is 0 Å². The fourth-order valence-electron chi connectivity index (χ4n) is 1.74. The molecule has 0 saturated heterocycles. The lowest BCUT2D eigenvalue weighted by molar-refractivity contribution is 0.102. The van der Waals surface area contributed by atoms with Crippen LogP contribution in [0.2, 0.25) is 0 Å². The minimum Gasteiger partial charge on any atom is -0.306 e. The summed E-state index contributed by atoms with van der Waals surface area (Å²) in [5.41, 5.74) is 0.1000. The van der Waals surface area contributed by atoms with Gasteiger partial charge < -0.3 is 5.32 Å². The van der Waals surface area contributed by atoms with Gasteiger partial charge in [-0.2, -0.15) is 14.6 Å². The average molecular weight is 334 g/mol. The number of rotatable bonds is 2. The summed E-state index contributed by atoms with van der Waals surface area (Å²) in [5.74, 6) is 0.182. The van der Waals surface area contributed by atoms with Crippen LogP contribution < -0.4 is 10.9 Å². The number of nitrogens with one attached hydrogen (secondary N) is 2. The van der Waals surface area contributed by atoms with E-state index in [2.05, 4.69) is 36.3 Å². The molecule has 0 aliphatic heterocycles. The van der Waals surface area contributed by atoms with Crippen molar-refractivity contribution < 1.29 is 4.79 Å². The zero-order valence-corrected chi connectivity index (χ0v) is 11.6. The molecule has 3 rings (SSSR count). The Morgan fingerprint density at radius 1 is 1.35 bits per heavy atom. The molecule has 2 heterocycles. The van der Waals surface area contributed by atoms with Crippen LogP contribution in [0.25, 0.3) is 5.78 Å². The summed E-state index contributed by atoms with van der Waals surface area (Å²) in [6.45, 7) is 0. The van der Waals surface area contributed by atoms with Crippen molar-refractivity contribution in [2.45, 2.75) is 0 Å². The van der Waals surface area contributed by atoms with Crippen LogP contribution in [-0.4, -0.2) is 25.5 Å². The first kappa shape index (κ1) is 12.5. The van der Waals surface area contributed by atoms with Crippen LogP contribution in [-0.2, 0) is 0 Å². The van der Waals surface area contributed by atoms with Gasteiger partial charge in [0.2, 0.25) is 5.78 Å². The van der Waals surface area contributed by atoms with Gasteiger partial charge in [-0.3, -0.25) is 14.6 Å². The number of carbonyl (C=O) groups excluding carboxylic acids is 1. The first-order valence-corrected chi connectivity index (χ1v) is 6.43. The first-order chi connectivity index (χ1) is 9.63. The highest BCUT2D eigenvalue weighted by Gasteiger charge is 2.10. The number of benzene rings is 1. The van der Waals surface area contributed by atoms with Gasteiger partial charge in [-0.25, -0.2) is 0 Å². The molecule has 1 amide bonds. The molecule has 0 radical (unpaired) electrons. The lowest BCUT2D eigenvalue weighted by Crippen LogP contribution is -2.18. The van der Waals surface area contributed by atoms with Gasteiger partial charge in [0, 0.05) is 16.1 Å². The number of aromatic nitrogens is 4. The summed E-state index contributed by atoms with van der Waals surface area (Å²) >= 11 is 3.30. The van der Waals surface area contributed by atoms with Gasteiger partial charge in [-0.05, 0) is 18.2 Å². The molecule has 100 valence electrons. The van der Waals surface area contributed by atoms with Crippen LogP contribution in [0, 0.1) is 0 Å². The van der Waals surface area contributed by atoms with Gasteiger partial charge in [0.15, 0.2) is 0 Å². The number of halogens is 1. The average Bonchev–Trinajstić information content (AvgIpc) is 2.86. The molecule has 0 fully saturated rings. The predicted molar refractivity (Wildman–Crippen MR) is 75.7 cm³/mol. The number of H-pyrrole nitrogens is 1. The Balaban J connectivity index is 1.99. The van der Waals surface area contributed by atoms with E-state index < -0.39 is 0 Å². The van der Waals surface area contributed by atoms with E-state index in [0.29, 0.717) is 5.56 Å². The van der Waals surface area contributed by atoms with E-state index in [-0.39, 0.29) is 23.1 Å². The van der Waals surface area contributed by atoms with Crippen LogP contribution in [0.15, 0.2) is 45.9 Å². The summed E-state index contributed by atoms with van der Waals surface area (Å²) in [6.07, 6.45) is 1.29. The number of carbonyl (C=O) groups is 1. The van der Waals surface area contributed by atoms with Crippen LogP contribution in [0.5, 0.6) is 0 Å². The number of hydrogen-bond donors (Lipinski definition) is 2. The minimum atomic E-state index is -0.366. The van der Waals surface area contributed by atoms with Crippen molar-refractivity contribution >= 4 is 33.4 Å². The topological polar surface area (TPSA) is 92.1 Å². The Bertz CT molecular complexity index is 854. The van der Waals surface area contributed by atoms with Gasteiger partial charge in [-0.15, -0.1) is 0 Å². The molecule has 3 aromatic rings. The normalized spacial score (nSPS) is 10.7. The molecular weight excluding hydrogens is 326 g/mol. The summed E-state index contributed by atoms with van der Waals surface area (Å²) in [6, 6.07) is 8.17.